The predicted molar refractivity (Wildman–Crippen MR) is 76.8 cm³/mol. The molecule has 2 atom stereocenters. The maximum atomic E-state index is 13.0. The van der Waals surface area contributed by atoms with E-state index >= 15 is 0 Å². The standard InChI is InChI=1S/C14H14ClFN2O4/c1-7(22-14(21)11-4-5-12(19)18-11)13(20)17-8-2-3-10(16)9(15)6-8/h2-3,6-7,11H,4-5H2,1H3,(H,17,20)(H,18,19)/t7-,11-/m1/s1. The number of rotatable bonds is 4. The zero-order valence-corrected chi connectivity index (χ0v) is 12.4. The number of hydrogen-bond donors (Lipinski definition) is 2. The first kappa shape index (κ1) is 16.2. The highest BCUT2D eigenvalue weighted by molar-refractivity contribution is 6.31. The molecule has 2 rings (SSSR count). The minimum Gasteiger partial charge on any atom is -0.451 e. The van der Waals surface area contributed by atoms with Crippen molar-refractivity contribution in [3.05, 3.63) is 29.0 Å². The van der Waals surface area contributed by atoms with Gasteiger partial charge < -0.3 is 15.4 Å². The Morgan fingerprint density at radius 3 is 2.82 bits per heavy atom. The zero-order chi connectivity index (χ0) is 16.3. The molecule has 0 spiro atoms. The van der Waals surface area contributed by atoms with Crippen LogP contribution >= 0.6 is 11.6 Å². The molecule has 0 aliphatic carbocycles. The molecule has 1 aromatic rings. The number of esters is 1. The molecule has 1 aliphatic rings. The molecule has 2 amide bonds. The van der Waals surface area contributed by atoms with E-state index in [0.717, 1.165) is 6.07 Å². The number of nitrogens with one attached hydrogen (secondary N) is 2. The topological polar surface area (TPSA) is 84.5 Å². The summed E-state index contributed by atoms with van der Waals surface area (Å²) >= 11 is 5.61. The highest BCUT2D eigenvalue weighted by atomic mass is 35.5. The normalized spacial score (nSPS) is 18.5. The number of carbonyl (C=O) groups excluding carboxylic acids is 3. The number of halogens is 2. The lowest BCUT2D eigenvalue weighted by Gasteiger charge is -2.16. The fraction of sp³-hybridized carbons (Fsp3) is 0.357. The molecular formula is C14H14ClFN2O4. The minimum absolute atomic E-state index is 0.129. The van der Waals surface area contributed by atoms with Crippen LogP contribution in [0.3, 0.4) is 0 Å². The van der Waals surface area contributed by atoms with Gasteiger partial charge in [-0.3, -0.25) is 9.59 Å². The molecule has 1 saturated heterocycles. The average molecular weight is 329 g/mol. The van der Waals surface area contributed by atoms with E-state index in [1.807, 2.05) is 0 Å². The van der Waals surface area contributed by atoms with E-state index in [9.17, 15) is 18.8 Å². The third kappa shape index (κ3) is 3.94. The highest BCUT2D eigenvalue weighted by Crippen LogP contribution is 2.19. The number of benzene rings is 1. The van der Waals surface area contributed by atoms with Gasteiger partial charge in [0.1, 0.15) is 11.9 Å². The zero-order valence-electron chi connectivity index (χ0n) is 11.7. The molecule has 0 unspecified atom stereocenters. The van der Waals surface area contributed by atoms with Gasteiger partial charge in [0.05, 0.1) is 5.02 Å². The van der Waals surface area contributed by atoms with E-state index < -0.39 is 29.8 Å². The number of carbonyl (C=O) groups is 3. The van der Waals surface area contributed by atoms with Crippen molar-refractivity contribution in [2.75, 3.05) is 5.32 Å². The molecular weight excluding hydrogens is 315 g/mol. The summed E-state index contributed by atoms with van der Waals surface area (Å²) < 4.78 is 18.0. The fourth-order valence-electron chi connectivity index (χ4n) is 1.92. The molecule has 2 N–H and O–H groups in total. The van der Waals surface area contributed by atoms with Gasteiger partial charge in [-0.05, 0) is 31.5 Å². The van der Waals surface area contributed by atoms with Crippen LogP contribution in [0.4, 0.5) is 10.1 Å². The van der Waals surface area contributed by atoms with Gasteiger partial charge in [-0.1, -0.05) is 11.6 Å². The van der Waals surface area contributed by atoms with Crippen molar-refractivity contribution in [2.24, 2.45) is 0 Å². The molecule has 1 fully saturated rings. The van der Waals surface area contributed by atoms with Crippen LogP contribution < -0.4 is 10.6 Å². The summed E-state index contributed by atoms with van der Waals surface area (Å²) in [4.78, 5) is 34.7. The van der Waals surface area contributed by atoms with Crippen LogP contribution in [-0.2, 0) is 19.1 Å². The minimum atomic E-state index is -1.06. The van der Waals surface area contributed by atoms with E-state index in [1.165, 1.54) is 19.1 Å². The Morgan fingerprint density at radius 1 is 1.50 bits per heavy atom. The van der Waals surface area contributed by atoms with E-state index in [2.05, 4.69) is 10.6 Å². The lowest BCUT2D eigenvalue weighted by Crippen LogP contribution is -2.39. The fourth-order valence-corrected chi connectivity index (χ4v) is 2.10. The van der Waals surface area contributed by atoms with Crippen LogP contribution in [-0.4, -0.2) is 29.9 Å². The monoisotopic (exact) mass is 328 g/mol. The Kier molecular flexibility index (Phi) is 4.97. The third-order valence-corrected chi connectivity index (χ3v) is 3.42. The average Bonchev–Trinajstić information content (AvgIpc) is 2.89. The van der Waals surface area contributed by atoms with Gasteiger partial charge in [0, 0.05) is 12.1 Å². The van der Waals surface area contributed by atoms with Gasteiger partial charge in [-0.15, -0.1) is 0 Å². The summed E-state index contributed by atoms with van der Waals surface area (Å²) in [5.74, 6) is -2.07. The first-order valence-electron chi connectivity index (χ1n) is 6.62. The third-order valence-electron chi connectivity index (χ3n) is 3.13. The van der Waals surface area contributed by atoms with Crippen molar-refractivity contribution in [1.29, 1.82) is 0 Å². The molecule has 1 heterocycles. The Labute approximate surface area is 131 Å². The number of ether oxygens (including phenoxy) is 1. The Balaban J connectivity index is 1.90. The molecule has 22 heavy (non-hydrogen) atoms. The SMILES string of the molecule is C[C@@H](OC(=O)[C@H]1CCC(=O)N1)C(=O)Nc1ccc(F)c(Cl)c1. The van der Waals surface area contributed by atoms with E-state index in [-0.39, 0.29) is 23.0 Å². The summed E-state index contributed by atoms with van der Waals surface area (Å²) in [6.45, 7) is 1.40. The summed E-state index contributed by atoms with van der Waals surface area (Å²) in [7, 11) is 0. The molecule has 6 nitrogen and oxygen atoms in total. The van der Waals surface area contributed by atoms with E-state index in [0.29, 0.717) is 6.42 Å². The van der Waals surface area contributed by atoms with Crippen LogP contribution in [0.1, 0.15) is 19.8 Å². The van der Waals surface area contributed by atoms with Gasteiger partial charge in [-0.2, -0.15) is 0 Å². The van der Waals surface area contributed by atoms with Crippen molar-refractivity contribution in [3.63, 3.8) is 0 Å². The van der Waals surface area contributed by atoms with Crippen molar-refractivity contribution >= 4 is 35.1 Å². The van der Waals surface area contributed by atoms with Crippen molar-refractivity contribution in [2.45, 2.75) is 31.9 Å². The molecule has 0 bridgehead atoms. The van der Waals surface area contributed by atoms with E-state index in [1.54, 1.807) is 0 Å². The summed E-state index contributed by atoms with van der Waals surface area (Å²) in [6, 6.07) is 2.98. The first-order valence-corrected chi connectivity index (χ1v) is 7.00. The lowest BCUT2D eigenvalue weighted by atomic mass is 10.2. The first-order chi connectivity index (χ1) is 10.4. The van der Waals surface area contributed by atoms with Gasteiger partial charge in [0.25, 0.3) is 5.91 Å². The molecule has 0 saturated carbocycles. The Morgan fingerprint density at radius 2 is 2.23 bits per heavy atom. The lowest BCUT2D eigenvalue weighted by molar-refractivity contribution is -0.155. The highest BCUT2D eigenvalue weighted by Gasteiger charge is 2.30. The van der Waals surface area contributed by atoms with Gasteiger partial charge in [0.15, 0.2) is 6.10 Å². The Hall–Kier alpha value is -2.15. The number of anilines is 1. The number of amides is 2. The predicted octanol–water partition coefficient (Wildman–Crippen LogP) is 1.63. The van der Waals surface area contributed by atoms with Crippen molar-refractivity contribution in [3.8, 4) is 0 Å². The second-order valence-electron chi connectivity index (χ2n) is 4.86. The maximum Gasteiger partial charge on any atom is 0.329 e. The molecule has 0 radical (unpaired) electrons. The molecule has 118 valence electrons. The van der Waals surface area contributed by atoms with Crippen LogP contribution in [0.25, 0.3) is 0 Å². The van der Waals surface area contributed by atoms with Crippen molar-refractivity contribution < 1.29 is 23.5 Å². The van der Waals surface area contributed by atoms with Gasteiger partial charge in [0.2, 0.25) is 5.91 Å². The quantitative estimate of drug-likeness (QED) is 0.823. The second kappa shape index (κ2) is 6.74. The molecule has 0 aromatic heterocycles. The van der Waals surface area contributed by atoms with Crippen LogP contribution in [0.15, 0.2) is 18.2 Å². The van der Waals surface area contributed by atoms with Gasteiger partial charge >= 0.3 is 5.97 Å². The van der Waals surface area contributed by atoms with Gasteiger partial charge in [-0.25, -0.2) is 9.18 Å². The summed E-state index contributed by atoms with van der Waals surface area (Å²) in [5.41, 5.74) is 0.286. The van der Waals surface area contributed by atoms with Crippen molar-refractivity contribution in [1.82, 2.24) is 5.32 Å². The van der Waals surface area contributed by atoms with Crippen LogP contribution in [0.5, 0.6) is 0 Å². The van der Waals surface area contributed by atoms with Crippen LogP contribution in [0.2, 0.25) is 5.02 Å². The second-order valence-corrected chi connectivity index (χ2v) is 5.26. The Bertz CT molecular complexity index is 623. The summed E-state index contributed by atoms with van der Waals surface area (Å²) in [5, 5.41) is 4.79. The molecule has 1 aliphatic heterocycles. The largest absolute Gasteiger partial charge is 0.451 e. The van der Waals surface area contributed by atoms with E-state index in [4.69, 9.17) is 16.3 Å². The maximum absolute atomic E-state index is 13.0. The molecule has 1 aromatic carbocycles. The number of hydrogen-bond acceptors (Lipinski definition) is 4. The van der Waals surface area contributed by atoms with Crippen LogP contribution in [0, 0.1) is 5.82 Å². The molecule has 8 heteroatoms. The summed E-state index contributed by atoms with van der Waals surface area (Å²) in [6.07, 6.45) is -0.456. The smallest absolute Gasteiger partial charge is 0.329 e.